The first-order valence-electron chi connectivity index (χ1n) is 18.0. The molecule has 0 radical (unpaired) electrons. The molecule has 1 N–H and O–H groups in total. The number of hydrogen-bond donors (Lipinski definition) is 1. The fourth-order valence-electron chi connectivity index (χ4n) is 6.85. The summed E-state index contributed by atoms with van der Waals surface area (Å²) < 4.78 is 40.9. The van der Waals surface area contributed by atoms with Gasteiger partial charge in [-0.25, -0.2) is 32.4 Å². The smallest absolute Gasteiger partial charge is 0.359 e. The Morgan fingerprint density at radius 2 is 1.28 bits per heavy atom. The second kappa shape index (κ2) is 14.5. The van der Waals surface area contributed by atoms with Crippen molar-refractivity contribution >= 4 is 38.3 Å². The normalized spacial score (nSPS) is 11.7. The van der Waals surface area contributed by atoms with Crippen LogP contribution in [-0.2, 0) is 14.6 Å². The van der Waals surface area contributed by atoms with E-state index in [1.807, 2.05) is 62.4 Å². The largest absolute Gasteiger partial charge is 0.461 e. The number of aryl methyl sites for hydroxylation is 3. The van der Waals surface area contributed by atoms with Crippen molar-refractivity contribution in [2.24, 2.45) is 0 Å². The van der Waals surface area contributed by atoms with Crippen LogP contribution in [-0.4, -0.2) is 60.5 Å². The van der Waals surface area contributed by atoms with Gasteiger partial charge in [-0.3, -0.25) is 4.79 Å². The lowest BCUT2D eigenvalue weighted by atomic mass is 10.1. The van der Waals surface area contributed by atoms with Crippen molar-refractivity contribution in [1.29, 1.82) is 0 Å². The van der Waals surface area contributed by atoms with Crippen LogP contribution in [0.3, 0.4) is 0 Å². The molecule has 0 spiro atoms. The topological polar surface area (TPSA) is 160 Å². The molecule has 15 heteroatoms. The van der Waals surface area contributed by atoms with Gasteiger partial charge in [-0.15, -0.1) is 0 Å². The molecule has 8 rings (SSSR count). The summed E-state index contributed by atoms with van der Waals surface area (Å²) in [6.45, 7) is 9.15. The lowest BCUT2D eigenvalue weighted by molar-refractivity contribution is 0.0519. The van der Waals surface area contributed by atoms with Crippen LogP contribution in [0.1, 0.15) is 39.9 Å². The summed E-state index contributed by atoms with van der Waals surface area (Å²) in [5, 5.41) is 22.2. The minimum atomic E-state index is -4.52. The van der Waals surface area contributed by atoms with Crippen LogP contribution in [0, 0.1) is 27.7 Å². The molecular formula is C42H35ClN8O5S. The fourth-order valence-corrected chi connectivity index (χ4v) is 8.57. The number of sulfone groups is 1. The summed E-state index contributed by atoms with van der Waals surface area (Å²) in [7, 11) is -4.52. The first-order valence-corrected chi connectivity index (χ1v) is 19.8. The Balaban J connectivity index is 1.55. The predicted octanol–water partition coefficient (Wildman–Crippen LogP) is 7.71. The number of H-pyrrole nitrogens is 1. The van der Waals surface area contributed by atoms with Crippen molar-refractivity contribution in [3.8, 4) is 39.7 Å². The average molecular weight is 799 g/mol. The Kier molecular flexibility index (Phi) is 9.46. The number of rotatable bonds is 9. The molecule has 0 bridgehead atoms. The van der Waals surface area contributed by atoms with Crippen molar-refractivity contribution in [1.82, 2.24) is 39.5 Å². The van der Waals surface area contributed by atoms with Gasteiger partial charge in [0.05, 0.1) is 56.6 Å². The second-order valence-corrected chi connectivity index (χ2v) is 15.8. The van der Waals surface area contributed by atoms with E-state index in [4.69, 9.17) is 26.5 Å². The van der Waals surface area contributed by atoms with E-state index in [9.17, 15) is 9.59 Å². The molecule has 4 aromatic heterocycles. The molecule has 0 amide bonds. The molecule has 0 atom stereocenters. The summed E-state index contributed by atoms with van der Waals surface area (Å²) in [5.41, 5.74) is 4.14. The lowest BCUT2D eigenvalue weighted by Gasteiger charge is -2.13. The number of hydrogen-bond acceptors (Lipinski definition) is 9. The number of nitrogens with one attached hydrogen (secondary N) is 1. The number of aromatic nitrogens is 8. The van der Waals surface area contributed by atoms with Crippen molar-refractivity contribution < 1.29 is 17.9 Å². The zero-order chi connectivity index (χ0) is 40.2. The number of carbonyl (C=O) groups is 1. The van der Waals surface area contributed by atoms with E-state index in [1.54, 1.807) is 72.6 Å². The maximum atomic E-state index is 15.4. The molecule has 4 heterocycles. The number of esters is 1. The quantitative estimate of drug-likeness (QED) is 0.144. The Bertz CT molecular complexity index is 3000. The van der Waals surface area contributed by atoms with Gasteiger partial charge in [-0.05, 0) is 95.3 Å². The van der Waals surface area contributed by atoms with Crippen LogP contribution in [0.15, 0.2) is 118 Å². The number of halogens is 1. The van der Waals surface area contributed by atoms with E-state index >= 15 is 8.42 Å². The summed E-state index contributed by atoms with van der Waals surface area (Å²) in [6.07, 6.45) is 0. The summed E-state index contributed by atoms with van der Waals surface area (Å²) in [5.74, 6) is -0.769. The highest BCUT2D eigenvalue weighted by Crippen LogP contribution is 2.44. The number of benzene rings is 4. The van der Waals surface area contributed by atoms with Crippen LogP contribution < -0.4 is 5.56 Å². The number of ether oxygens (including phenoxy) is 1. The molecule has 4 aromatic carbocycles. The number of aromatic amines is 1. The van der Waals surface area contributed by atoms with Crippen molar-refractivity contribution in [3.05, 3.63) is 147 Å². The minimum Gasteiger partial charge on any atom is -0.461 e. The predicted molar refractivity (Wildman–Crippen MR) is 216 cm³/mol. The van der Waals surface area contributed by atoms with Gasteiger partial charge in [0.1, 0.15) is 16.3 Å². The van der Waals surface area contributed by atoms with Gasteiger partial charge in [0.15, 0.2) is 11.2 Å². The van der Waals surface area contributed by atoms with Crippen LogP contribution in [0.25, 0.3) is 50.6 Å². The molecule has 0 fully saturated rings. The Morgan fingerprint density at radius 3 is 1.88 bits per heavy atom. The van der Waals surface area contributed by atoms with E-state index in [1.165, 1.54) is 16.8 Å². The van der Waals surface area contributed by atoms with Gasteiger partial charge in [-0.2, -0.15) is 20.4 Å². The molecule has 13 nitrogen and oxygen atoms in total. The number of carbonyl (C=O) groups excluding carboxylic acids is 1. The molecule has 8 aromatic rings. The van der Waals surface area contributed by atoms with E-state index in [0.717, 1.165) is 11.1 Å². The van der Waals surface area contributed by atoms with E-state index in [0.29, 0.717) is 33.5 Å². The molecule has 0 aliphatic rings. The van der Waals surface area contributed by atoms with Gasteiger partial charge in [0.2, 0.25) is 9.84 Å². The Morgan fingerprint density at radius 1 is 0.719 bits per heavy atom. The second-order valence-electron chi connectivity index (χ2n) is 13.5. The first-order chi connectivity index (χ1) is 27.4. The van der Waals surface area contributed by atoms with E-state index < -0.39 is 21.4 Å². The highest BCUT2D eigenvalue weighted by Gasteiger charge is 2.38. The van der Waals surface area contributed by atoms with Gasteiger partial charge in [-0.1, -0.05) is 65.2 Å². The summed E-state index contributed by atoms with van der Waals surface area (Å²) >= 11 is 6.36. The van der Waals surface area contributed by atoms with Crippen molar-refractivity contribution in [2.75, 3.05) is 6.61 Å². The van der Waals surface area contributed by atoms with Gasteiger partial charge in [0.25, 0.3) is 5.56 Å². The summed E-state index contributed by atoms with van der Waals surface area (Å²) in [6, 6.07) is 29.7. The molecule has 0 saturated heterocycles. The van der Waals surface area contributed by atoms with Crippen LogP contribution in [0.5, 0.6) is 0 Å². The molecule has 0 unspecified atom stereocenters. The van der Waals surface area contributed by atoms with Crippen LogP contribution >= 0.6 is 11.6 Å². The maximum Gasteiger partial charge on any atom is 0.359 e. The Hall–Kier alpha value is -6.64. The first kappa shape index (κ1) is 37.3. The van der Waals surface area contributed by atoms with Gasteiger partial charge in [0, 0.05) is 5.02 Å². The average Bonchev–Trinajstić information content (AvgIpc) is 3.88. The standard InChI is InChI=1S/C42H35ClN8O5S/c1-6-56-42(53)37-34(27(5)50(47-37)30-20-14-25(3)15-21-30)39-40(57(54,55)32-10-8-7-9-11-32)38(48-51(39)31-22-16-28(43)17-23-31)35-33-26(4)49(29-18-12-24(2)13-19-29)46-36(33)41(52)45-44-35/h7-23H,6H2,1-5H3,(H,45,52). The van der Waals surface area contributed by atoms with Crippen LogP contribution in [0.2, 0.25) is 5.02 Å². The maximum absolute atomic E-state index is 15.4. The molecule has 57 heavy (non-hydrogen) atoms. The molecular weight excluding hydrogens is 764 g/mol. The molecule has 0 aliphatic carbocycles. The van der Waals surface area contributed by atoms with Crippen molar-refractivity contribution in [3.63, 3.8) is 0 Å². The van der Waals surface area contributed by atoms with E-state index in [2.05, 4.69) is 15.3 Å². The minimum absolute atomic E-state index is 0.0137. The highest BCUT2D eigenvalue weighted by molar-refractivity contribution is 7.91. The third-order valence-corrected chi connectivity index (χ3v) is 11.7. The third kappa shape index (κ3) is 6.42. The fraction of sp³-hybridized carbons (Fsp3) is 0.143. The Labute approximate surface area is 332 Å². The number of fused-ring (bicyclic) bond motifs is 1. The van der Waals surface area contributed by atoms with Crippen molar-refractivity contribution in [2.45, 2.75) is 44.4 Å². The van der Waals surface area contributed by atoms with Crippen LogP contribution in [0.4, 0.5) is 0 Å². The van der Waals surface area contributed by atoms with E-state index in [-0.39, 0.29) is 55.6 Å². The molecule has 0 aliphatic heterocycles. The zero-order valence-corrected chi connectivity index (χ0v) is 33.1. The lowest BCUT2D eigenvalue weighted by Crippen LogP contribution is -2.12. The third-order valence-electron chi connectivity index (χ3n) is 9.68. The number of nitrogens with zero attached hydrogens (tertiary/aromatic N) is 7. The monoisotopic (exact) mass is 798 g/mol. The molecule has 286 valence electrons. The SMILES string of the molecule is CCOC(=O)c1nn(-c2ccc(C)cc2)c(C)c1-c1c(S(=O)(=O)c2ccccc2)c(-c2n[nH]c(=O)c3nn(-c4ccc(C)cc4)c(C)c23)nn1-c1ccc(Cl)cc1. The molecule has 0 saturated carbocycles. The van der Waals surface area contributed by atoms with Gasteiger partial charge < -0.3 is 4.74 Å². The highest BCUT2D eigenvalue weighted by atomic mass is 35.5. The zero-order valence-electron chi connectivity index (χ0n) is 31.5. The van der Waals surface area contributed by atoms with Gasteiger partial charge >= 0.3 is 5.97 Å². The summed E-state index contributed by atoms with van der Waals surface area (Å²) in [4.78, 5) is 27.1.